The summed E-state index contributed by atoms with van der Waals surface area (Å²) in [7, 11) is 0. The van der Waals surface area contributed by atoms with E-state index in [1.54, 1.807) is 0 Å². The number of rotatable bonds is 2. The van der Waals surface area contributed by atoms with Crippen LogP contribution in [0, 0.1) is 11.3 Å². The van der Waals surface area contributed by atoms with Crippen LogP contribution in [0.15, 0.2) is 21.9 Å². The van der Waals surface area contributed by atoms with Crippen molar-refractivity contribution in [3.8, 4) is 6.07 Å². The van der Waals surface area contributed by atoms with Crippen molar-refractivity contribution in [2.24, 2.45) is 0 Å². The highest BCUT2D eigenvalue weighted by Gasteiger charge is 2.57. The lowest BCUT2D eigenvalue weighted by Crippen LogP contribution is -2.48. The topological polar surface area (TPSA) is 149 Å². The zero-order valence-electron chi connectivity index (χ0n) is 9.55. The third-order valence-corrected chi connectivity index (χ3v) is 2.95. The predicted molar refractivity (Wildman–Crippen MR) is 58.9 cm³/mol. The van der Waals surface area contributed by atoms with Gasteiger partial charge in [0.2, 0.25) is 5.60 Å². The molecule has 0 spiro atoms. The second-order valence-corrected chi connectivity index (χ2v) is 4.11. The Kier molecular flexibility index (Phi) is 3.25. The summed E-state index contributed by atoms with van der Waals surface area (Å²) in [6.07, 6.45) is -3.41. The first-order valence-corrected chi connectivity index (χ1v) is 5.33. The molecule has 0 unspecified atom stereocenters. The third-order valence-electron chi connectivity index (χ3n) is 2.95. The maximum Gasteiger partial charge on any atom is 0.330 e. The van der Waals surface area contributed by atoms with Crippen LogP contribution in [0.25, 0.3) is 0 Å². The third kappa shape index (κ3) is 1.96. The van der Waals surface area contributed by atoms with Crippen molar-refractivity contribution in [1.29, 1.82) is 5.26 Å². The van der Waals surface area contributed by atoms with Gasteiger partial charge in [0, 0.05) is 12.3 Å². The van der Waals surface area contributed by atoms with E-state index < -0.39 is 41.9 Å². The maximum absolute atomic E-state index is 11.6. The van der Waals surface area contributed by atoms with E-state index in [9.17, 15) is 19.8 Å². The van der Waals surface area contributed by atoms with Crippen molar-refractivity contribution in [3.63, 3.8) is 0 Å². The number of hydrogen-bond donors (Lipinski definition) is 4. The summed E-state index contributed by atoms with van der Waals surface area (Å²) in [6.45, 7) is -0.639. The van der Waals surface area contributed by atoms with Crippen molar-refractivity contribution >= 4 is 0 Å². The molecule has 1 aromatic rings. The molecule has 9 nitrogen and oxygen atoms in total. The Hall–Kier alpha value is -1.99. The van der Waals surface area contributed by atoms with Gasteiger partial charge in [0.05, 0.1) is 6.61 Å². The first-order chi connectivity index (χ1) is 8.93. The van der Waals surface area contributed by atoms with Crippen molar-refractivity contribution in [2.45, 2.75) is 24.0 Å². The summed E-state index contributed by atoms with van der Waals surface area (Å²) in [4.78, 5) is 24.5. The lowest BCUT2D eigenvalue weighted by molar-refractivity contribution is -0.0774. The number of nitrogens with zero attached hydrogens (tertiary/aromatic N) is 2. The molecular formula is C10H11N3O6. The van der Waals surface area contributed by atoms with Crippen molar-refractivity contribution < 1.29 is 20.1 Å². The molecule has 19 heavy (non-hydrogen) atoms. The summed E-state index contributed by atoms with van der Waals surface area (Å²) in [5.41, 5.74) is -3.97. The number of nitriles is 1. The van der Waals surface area contributed by atoms with E-state index in [-0.39, 0.29) is 0 Å². The number of aliphatic hydroxyl groups excluding tert-OH is 2. The maximum atomic E-state index is 11.6. The van der Waals surface area contributed by atoms with E-state index in [0.29, 0.717) is 0 Å². The standard InChI is InChI=1S/C10H11N3O6/c11-4-10(18)7(16)5(3-14)19-8(10)13-2-1-6(15)12-9(13)17/h1-2,5,7-8,14,16,18H,3H2,(H,12,15,17)/t5-,7-,8-,10+/m1/s1. The fourth-order valence-electron chi connectivity index (χ4n) is 1.93. The summed E-state index contributed by atoms with van der Waals surface area (Å²) < 4.78 is 5.87. The van der Waals surface area contributed by atoms with Gasteiger partial charge in [0.25, 0.3) is 5.56 Å². The summed E-state index contributed by atoms with van der Waals surface area (Å²) in [5, 5.41) is 37.8. The smallest absolute Gasteiger partial charge is 0.330 e. The number of nitrogens with one attached hydrogen (secondary N) is 1. The monoisotopic (exact) mass is 269 g/mol. The van der Waals surface area contributed by atoms with Crippen molar-refractivity contribution in [2.75, 3.05) is 6.61 Å². The van der Waals surface area contributed by atoms with E-state index in [2.05, 4.69) is 0 Å². The van der Waals surface area contributed by atoms with Gasteiger partial charge in [-0.05, 0) is 0 Å². The van der Waals surface area contributed by atoms with Crippen LogP contribution in [0.5, 0.6) is 0 Å². The van der Waals surface area contributed by atoms with Crippen LogP contribution in [0.2, 0.25) is 0 Å². The largest absolute Gasteiger partial charge is 0.394 e. The number of aliphatic hydroxyl groups is 3. The Morgan fingerprint density at radius 1 is 1.58 bits per heavy atom. The van der Waals surface area contributed by atoms with E-state index in [1.807, 2.05) is 4.98 Å². The summed E-state index contributed by atoms with van der Waals surface area (Å²) in [5.74, 6) is 0. The minimum absolute atomic E-state index is 0.639. The SMILES string of the molecule is N#C[C@]1(O)[C@H](O)[C@@H](CO)O[C@H]1n1ccc(=O)[nH]c1=O. The first kappa shape index (κ1) is 13.4. The molecule has 9 heteroatoms. The Labute approximate surface area is 105 Å². The molecule has 1 aliphatic heterocycles. The number of aromatic amines is 1. The van der Waals surface area contributed by atoms with Gasteiger partial charge < -0.3 is 20.1 Å². The molecule has 4 atom stereocenters. The molecule has 0 bridgehead atoms. The Morgan fingerprint density at radius 2 is 2.26 bits per heavy atom. The van der Waals surface area contributed by atoms with E-state index in [1.165, 1.54) is 6.07 Å². The molecule has 1 saturated heterocycles. The van der Waals surface area contributed by atoms with Gasteiger partial charge in [-0.25, -0.2) is 4.79 Å². The lowest BCUT2D eigenvalue weighted by atomic mass is 9.96. The van der Waals surface area contributed by atoms with Gasteiger partial charge in [-0.1, -0.05) is 0 Å². The first-order valence-electron chi connectivity index (χ1n) is 5.33. The minimum Gasteiger partial charge on any atom is -0.394 e. The van der Waals surface area contributed by atoms with Crippen LogP contribution in [-0.2, 0) is 4.74 Å². The second kappa shape index (κ2) is 4.60. The molecule has 2 heterocycles. The minimum atomic E-state index is -2.41. The zero-order valence-corrected chi connectivity index (χ0v) is 9.55. The Morgan fingerprint density at radius 3 is 2.79 bits per heavy atom. The van der Waals surface area contributed by atoms with E-state index in [4.69, 9.17) is 15.1 Å². The molecule has 1 fully saturated rings. The van der Waals surface area contributed by atoms with Crippen molar-refractivity contribution in [1.82, 2.24) is 9.55 Å². The summed E-state index contributed by atoms with van der Waals surface area (Å²) >= 11 is 0. The number of ether oxygens (including phenoxy) is 1. The highest BCUT2D eigenvalue weighted by Crippen LogP contribution is 2.36. The molecule has 102 valence electrons. The molecule has 4 N–H and O–H groups in total. The Bertz CT molecular complexity index is 631. The molecule has 0 aromatic carbocycles. The number of hydrogen-bond acceptors (Lipinski definition) is 7. The van der Waals surface area contributed by atoms with Crippen LogP contribution in [0.1, 0.15) is 6.23 Å². The van der Waals surface area contributed by atoms with Crippen LogP contribution >= 0.6 is 0 Å². The van der Waals surface area contributed by atoms with Gasteiger partial charge >= 0.3 is 5.69 Å². The quantitative estimate of drug-likeness (QED) is 0.419. The Balaban J connectivity index is 2.52. The average Bonchev–Trinajstić information content (AvgIpc) is 2.63. The summed E-state index contributed by atoms with van der Waals surface area (Å²) in [6, 6.07) is 2.46. The molecule has 0 amide bonds. The number of aromatic nitrogens is 2. The average molecular weight is 269 g/mol. The zero-order chi connectivity index (χ0) is 14.2. The molecule has 0 aliphatic carbocycles. The molecule has 2 rings (SSSR count). The second-order valence-electron chi connectivity index (χ2n) is 4.11. The van der Waals surface area contributed by atoms with Gasteiger partial charge in [-0.15, -0.1) is 0 Å². The highest BCUT2D eigenvalue weighted by molar-refractivity contribution is 5.15. The molecule has 1 aliphatic rings. The van der Waals surface area contributed by atoms with E-state index >= 15 is 0 Å². The fraction of sp³-hybridized carbons (Fsp3) is 0.500. The highest BCUT2D eigenvalue weighted by atomic mass is 16.6. The molecule has 0 radical (unpaired) electrons. The molecule has 0 saturated carbocycles. The number of H-pyrrole nitrogens is 1. The van der Waals surface area contributed by atoms with Gasteiger partial charge in [-0.2, -0.15) is 5.26 Å². The normalized spacial score (nSPS) is 34.1. The van der Waals surface area contributed by atoms with Crippen LogP contribution in [0.4, 0.5) is 0 Å². The molecular weight excluding hydrogens is 258 g/mol. The van der Waals surface area contributed by atoms with Gasteiger partial charge in [-0.3, -0.25) is 14.3 Å². The van der Waals surface area contributed by atoms with Gasteiger partial charge in [0.15, 0.2) is 6.23 Å². The lowest BCUT2D eigenvalue weighted by Gasteiger charge is -2.24. The van der Waals surface area contributed by atoms with Crippen LogP contribution in [0.3, 0.4) is 0 Å². The van der Waals surface area contributed by atoms with Gasteiger partial charge in [0.1, 0.15) is 18.3 Å². The fourth-order valence-corrected chi connectivity index (χ4v) is 1.93. The predicted octanol–water partition coefficient (Wildman–Crippen LogP) is -2.96. The van der Waals surface area contributed by atoms with E-state index in [0.717, 1.165) is 16.8 Å². The van der Waals surface area contributed by atoms with Crippen LogP contribution < -0.4 is 11.2 Å². The molecule has 1 aromatic heterocycles. The van der Waals surface area contributed by atoms with Crippen LogP contribution in [-0.4, -0.2) is 49.3 Å². The van der Waals surface area contributed by atoms with Crippen molar-refractivity contribution in [3.05, 3.63) is 33.1 Å².